The molecule has 208 valence electrons. The number of aromatic hydroxyl groups is 1. The summed E-state index contributed by atoms with van der Waals surface area (Å²) in [6.45, 7) is 4.16. The summed E-state index contributed by atoms with van der Waals surface area (Å²) in [6.07, 6.45) is -0.115. The van der Waals surface area contributed by atoms with E-state index in [9.17, 15) is 15.0 Å². The highest BCUT2D eigenvalue weighted by molar-refractivity contribution is 9.11. The average Bonchev–Trinajstić information content (AvgIpc) is 2.92. The summed E-state index contributed by atoms with van der Waals surface area (Å²) in [5.74, 6) is 1.22. The Labute approximate surface area is 250 Å². The molecule has 4 aromatic rings. The molecule has 0 heterocycles. The van der Waals surface area contributed by atoms with Crippen LogP contribution in [0.2, 0.25) is 0 Å². The molecule has 0 aliphatic carbocycles. The van der Waals surface area contributed by atoms with E-state index in [1.807, 2.05) is 54.6 Å². The zero-order valence-electron chi connectivity index (χ0n) is 22.6. The number of halogens is 2. The standard InChI is InChI=1S/C32H30Br2O6/c1-18(2)23-16-29(40-32-25(33)12-19(13-26(32)34)14-30(36)37)24(17-28(23)39-4)31(20-8-6-5-7-9-20)22-11-10-21(38-3)15-27(22)35/h5-13,15-18,31,35H,14H2,1-4H3,(H,36,37). The molecule has 0 spiro atoms. The second-order valence-corrected chi connectivity index (χ2v) is 11.3. The molecule has 0 aromatic heterocycles. The molecule has 1 atom stereocenters. The largest absolute Gasteiger partial charge is 0.507 e. The van der Waals surface area contributed by atoms with Crippen molar-refractivity contribution < 1.29 is 29.2 Å². The van der Waals surface area contributed by atoms with Crippen LogP contribution in [0.1, 0.15) is 53.5 Å². The zero-order chi connectivity index (χ0) is 29.0. The highest BCUT2D eigenvalue weighted by atomic mass is 79.9. The van der Waals surface area contributed by atoms with Crippen molar-refractivity contribution in [2.24, 2.45) is 0 Å². The van der Waals surface area contributed by atoms with E-state index < -0.39 is 11.9 Å². The fraction of sp³-hybridized carbons (Fsp3) is 0.219. The molecule has 0 amide bonds. The van der Waals surface area contributed by atoms with Crippen molar-refractivity contribution in [1.29, 1.82) is 0 Å². The van der Waals surface area contributed by atoms with Gasteiger partial charge in [0.15, 0.2) is 5.75 Å². The summed E-state index contributed by atoms with van der Waals surface area (Å²) >= 11 is 7.15. The van der Waals surface area contributed by atoms with Gasteiger partial charge < -0.3 is 24.4 Å². The summed E-state index contributed by atoms with van der Waals surface area (Å²) in [7, 11) is 3.20. The number of rotatable bonds is 10. The van der Waals surface area contributed by atoms with Crippen LogP contribution in [0.25, 0.3) is 0 Å². The highest BCUT2D eigenvalue weighted by Gasteiger charge is 2.27. The number of phenolic OH excluding ortho intramolecular Hbond substituents is 1. The molecular formula is C32H30Br2O6. The Morgan fingerprint density at radius 3 is 2.02 bits per heavy atom. The van der Waals surface area contributed by atoms with Crippen molar-refractivity contribution in [2.75, 3.05) is 14.2 Å². The number of carbonyl (C=O) groups is 1. The van der Waals surface area contributed by atoms with Gasteiger partial charge in [-0.3, -0.25) is 4.79 Å². The molecule has 0 aliphatic heterocycles. The first-order valence-corrected chi connectivity index (χ1v) is 14.2. The second kappa shape index (κ2) is 12.8. The summed E-state index contributed by atoms with van der Waals surface area (Å²) < 4.78 is 19.0. The monoisotopic (exact) mass is 668 g/mol. The summed E-state index contributed by atoms with van der Waals surface area (Å²) in [5, 5.41) is 20.4. The van der Waals surface area contributed by atoms with Crippen LogP contribution in [-0.4, -0.2) is 30.4 Å². The molecule has 0 aliphatic rings. The van der Waals surface area contributed by atoms with Crippen molar-refractivity contribution in [1.82, 2.24) is 0 Å². The molecule has 8 heteroatoms. The number of phenols is 1. The molecule has 40 heavy (non-hydrogen) atoms. The van der Waals surface area contributed by atoms with Gasteiger partial charge in [0.1, 0.15) is 23.0 Å². The van der Waals surface area contributed by atoms with Gasteiger partial charge in [-0.25, -0.2) is 0 Å². The predicted molar refractivity (Wildman–Crippen MR) is 162 cm³/mol. The van der Waals surface area contributed by atoms with Crippen LogP contribution in [-0.2, 0) is 11.2 Å². The van der Waals surface area contributed by atoms with Crippen LogP contribution >= 0.6 is 31.9 Å². The van der Waals surface area contributed by atoms with Crippen molar-refractivity contribution in [3.8, 4) is 28.7 Å². The summed E-state index contributed by atoms with van der Waals surface area (Å²) in [4.78, 5) is 11.3. The van der Waals surface area contributed by atoms with E-state index in [0.29, 0.717) is 43.1 Å². The Balaban J connectivity index is 1.97. The molecule has 1 unspecified atom stereocenters. The molecule has 2 N–H and O–H groups in total. The minimum atomic E-state index is -0.920. The Bertz CT molecular complexity index is 1490. The van der Waals surface area contributed by atoms with E-state index in [-0.39, 0.29) is 18.1 Å². The first-order valence-electron chi connectivity index (χ1n) is 12.6. The Hall–Kier alpha value is -3.49. The molecule has 6 nitrogen and oxygen atoms in total. The maximum absolute atomic E-state index is 11.3. The van der Waals surface area contributed by atoms with Crippen LogP contribution in [0.5, 0.6) is 28.7 Å². The van der Waals surface area contributed by atoms with Crippen molar-refractivity contribution in [2.45, 2.75) is 32.1 Å². The average molecular weight is 670 g/mol. The number of carboxylic acid groups (broad SMARTS) is 1. The number of carboxylic acids is 1. The zero-order valence-corrected chi connectivity index (χ0v) is 25.7. The normalized spacial score (nSPS) is 11.8. The van der Waals surface area contributed by atoms with Gasteiger partial charge in [0.05, 0.1) is 29.6 Å². The lowest BCUT2D eigenvalue weighted by molar-refractivity contribution is -0.136. The number of benzene rings is 4. The van der Waals surface area contributed by atoms with Gasteiger partial charge in [0.2, 0.25) is 0 Å². The molecule has 4 aromatic carbocycles. The van der Waals surface area contributed by atoms with E-state index in [2.05, 4.69) is 45.7 Å². The third-order valence-corrected chi connectivity index (χ3v) is 7.78. The fourth-order valence-electron chi connectivity index (χ4n) is 4.70. The lowest BCUT2D eigenvalue weighted by atomic mass is 9.83. The first-order chi connectivity index (χ1) is 19.1. The van der Waals surface area contributed by atoms with Gasteiger partial charge in [-0.1, -0.05) is 50.2 Å². The van der Waals surface area contributed by atoms with Gasteiger partial charge >= 0.3 is 5.97 Å². The number of hydrogen-bond acceptors (Lipinski definition) is 5. The van der Waals surface area contributed by atoms with Crippen LogP contribution < -0.4 is 14.2 Å². The molecule has 0 saturated heterocycles. The topological polar surface area (TPSA) is 85.2 Å². The third-order valence-electron chi connectivity index (χ3n) is 6.60. The van der Waals surface area contributed by atoms with E-state index >= 15 is 0 Å². The predicted octanol–water partition coefficient (Wildman–Crippen LogP) is 8.66. The smallest absolute Gasteiger partial charge is 0.307 e. The lowest BCUT2D eigenvalue weighted by Gasteiger charge is -2.26. The minimum absolute atomic E-state index is 0.0893. The number of aliphatic carboxylic acids is 1. The van der Waals surface area contributed by atoms with Gasteiger partial charge in [-0.2, -0.15) is 0 Å². The highest BCUT2D eigenvalue weighted by Crippen LogP contribution is 2.48. The molecule has 0 radical (unpaired) electrons. The van der Waals surface area contributed by atoms with Crippen LogP contribution in [0.4, 0.5) is 0 Å². The van der Waals surface area contributed by atoms with Gasteiger partial charge in [-0.05, 0) is 79.2 Å². The Morgan fingerprint density at radius 2 is 1.48 bits per heavy atom. The molecule has 0 saturated carbocycles. The first kappa shape index (κ1) is 29.5. The molecule has 0 bridgehead atoms. The van der Waals surface area contributed by atoms with Crippen LogP contribution in [0.3, 0.4) is 0 Å². The lowest BCUT2D eigenvalue weighted by Crippen LogP contribution is -2.08. The maximum Gasteiger partial charge on any atom is 0.307 e. The summed E-state index contributed by atoms with van der Waals surface area (Å²) in [6, 6.07) is 22.6. The molecular weight excluding hydrogens is 640 g/mol. The third kappa shape index (κ3) is 6.45. The fourth-order valence-corrected chi connectivity index (χ4v) is 6.14. The minimum Gasteiger partial charge on any atom is -0.507 e. The van der Waals surface area contributed by atoms with E-state index in [0.717, 1.165) is 16.7 Å². The number of hydrogen-bond donors (Lipinski definition) is 2. The maximum atomic E-state index is 11.3. The van der Waals surface area contributed by atoms with Gasteiger partial charge in [-0.15, -0.1) is 0 Å². The Kier molecular flexibility index (Phi) is 9.43. The van der Waals surface area contributed by atoms with Gasteiger partial charge in [0, 0.05) is 28.7 Å². The van der Waals surface area contributed by atoms with Crippen LogP contribution in [0.15, 0.2) is 81.7 Å². The Morgan fingerprint density at radius 1 is 0.825 bits per heavy atom. The quantitative estimate of drug-likeness (QED) is 0.164. The number of ether oxygens (including phenoxy) is 3. The van der Waals surface area contributed by atoms with Crippen LogP contribution in [0, 0.1) is 0 Å². The second-order valence-electron chi connectivity index (χ2n) is 9.62. The van der Waals surface area contributed by atoms with Crippen molar-refractivity contribution >= 4 is 37.8 Å². The molecule has 4 rings (SSSR count). The van der Waals surface area contributed by atoms with E-state index in [1.54, 1.807) is 32.4 Å². The van der Waals surface area contributed by atoms with Gasteiger partial charge in [0.25, 0.3) is 0 Å². The van der Waals surface area contributed by atoms with E-state index in [1.165, 1.54) is 0 Å². The van der Waals surface area contributed by atoms with Crippen molar-refractivity contribution in [3.05, 3.63) is 110 Å². The SMILES string of the molecule is COc1ccc(C(c2ccccc2)c2cc(OC)c(C(C)C)cc2Oc2c(Br)cc(CC(=O)O)cc2Br)c(O)c1. The molecule has 0 fully saturated rings. The van der Waals surface area contributed by atoms with Crippen molar-refractivity contribution in [3.63, 3.8) is 0 Å². The summed E-state index contributed by atoms with van der Waals surface area (Å²) in [5.41, 5.74) is 3.98. The van der Waals surface area contributed by atoms with E-state index in [4.69, 9.17) is 14.2 Å². The number of methoxy groups -OCH3 is 2.